The molecule has 0 N–H and O–H groups in total. The Labute approximate surface area is 80.2 Å². The van der Waals surface area contributed by atoms with Gasteiger partial charge in [-0.15, -0.1) is 0 Å². The van der Waals surface area contributed by atoms with Gasteiger partial charge in [-0.25, -0.2) is 0 Å². The lowest BCUT2D eigenvalue weighted by atomic mass is 10.5. The highest BCUT2D eigenvalue weighted by molar-refractivity contribution is 7.80. The fraction of sp³-hybridized carbons (Fsp3) is 1.00. The largest absolute Gasteiger partial charge is 0.501 e. The van der Waals surface area contributed by atoms with Gasteiger partial charge in [0.05, 0.1) is 12.7 Å². The van der Waals surface area contributed by atoms with Crippen LogP contribution in [0, 0.1) is 0 Å². The van der Waals surface area contributed by atoms with Gasteiger partial charge in [-0.1, -0.05) is 0 Å². The fourth-order valence-electron chi connectivity index (χ4n) is 1.25. The average molecular weight is 208 g/mol. The Bertz CT molecular complexity index is 147. The second-order valence-corrected chi connectivity index (χ2v) is 6.20. The van der Waals surface area contributed by atoms with Crippen molar-refractivity contribution in [2.75, 3.05) is 19.5 Å². The highest BCUT2D eigenvalue weighted by atomic mass is 32.1. The topological polar surface area (TPSA) is 27.7 Å². The molecule has 0 bridgehead atoms. The van der Waals surface area contributed by atoms with Gasteiger partial charge in [-0.3, -0.25) is 0 Å². The summed E-state index contributed by atoms with van der Waals surface area (Å²) in [5, 5.41) is 0. The third-order valence-corrected chi connectivity index (χ3v) is 5.14. The number of rotatable bonds is 4. The van der Waals surface area contributed by atoms with Crippen molar-refractivity contribution in [3.63, 3.8) is 0 Å². The lowest BCUT2D eigenvalue weighted by Crippen LogP contribution is -2.39. The lowest BCUT2D eigenvalue weighted by molar-refractivity contribution is 0.159. The second-order valence-electron chi connectivity index (χ2n) is 2.95. The minimum Gasteiger partial charge on any atom is -0.377 e. The Morgan fingerprint density at radius 3 is 2.83 bits per heavy atom. The van der Waals surface area contributed by atoms with E-state index < -0.39 is 8.80 Å². The van der Waals surface area contributed by atoms with Gasteiger partial charge in [0, 0.05) is 13.2 Å². The van der Waals surface area contributed by atoms with Crippen molar-refractivity contribution in [2.24, 2.45) is 0 Å². The molecular formula is C7H16O3SSi. The van der Waals surface area contributed by atoms with Crippen LogP contribution < -0.4 is 0 Å². The molecule has 1 aliphatic rings. The molecule has 2 atom stereocenters. The van der Waals surface area contributed by atoms with E-state index in [9.17, 15) is 0 Å². The van der Waals surface area contributed by atoms with Crippen molar-refractivity contribution in [3.05, 3.63) is 0 Å². The molecule has 0 aromatic heterocycles. The summed E-state index contributed by atoms with van der Waals surface area (Å²) in [6, 6.07) is 0.886. The van der Waals surface area contributed by atoms with Crippen molar-refractivity contribution >= 4 is 21.4 Å². The first-order chi connectivity index (χ1) is 5.72. The van der Waals surface area contributed by atoms with Crippen molar-refractivity contribution in [1.29, 1.82) is 0 Å². The lowest BCUT2D eigenvalue weighted by Gasteiger charge is -2.20. The molecule has 5 heteroatoms. The van der Waals surface area contributed by atoms with Gasteiger partial charge in [-0.2, -0.15) is 12.6 Å². The monoisotopic (exact) mass is 208 g/mol. The molecule has 1 saturated heterocycles. The Balaban J connectivity index is 2.41. The molecule has 0 spiro atoms. The minimum atomic E-state index is -2.24. The van der Waals surface area contributed by atoms with Gasteiger partial charge < -0.3 is 13.3 Å². The summed E-state index contributed by atoms with van der Waals surface area (Å²) < 4.78 is 16.6. The van der Waals surface area contributed by atoms with Crippen LogP contribution in [0.1, 0.15) is 13.3 Å². The summed E-state index contributed by atoms with van der Waals surface area (Å²) in [4.78, 5) is 0. The highest BCUT2D eigenvalue weighted by Crippen LogP contribution is 2.25. The van der Waals surface area contributed by atoms with Crippen LogP contribution in [0.25, 0.3) is 0 Å². The Hall–Kier alpha value is 0.447. The molecule has 0 amide bonds. The average Bonchev–Trinajstić information content (AvgIpc) is 2.45. The second kappa shape index (κ2) is 4.62. The maximum Gasteiger partial charge on any atom is 0.501 e. The van der Waals surface area contributed by atoms with E-state index in [1.807, 2.05) is 6.92 Å². The predicted octanol–water partition coefficient (Wildman–Crippen LogP) is 1.33. The van der Waals surface area contributed by atoms with Crippen LogP contribution in [0.5, 0.6) is 0 Å². The van der Waals surface area contributed by atoms with Gasteiger partial charge in [0.1, 0.15) is 0 Å². The van der Waals surface area contributed by atoms with Crippen LogP contribution in [0.15, 0.2) is 0 Å². The summed E-state index contributed by atoms with van der Waals surface area (Å²) in [6.07, 6.45) is 1.19. The molecule has 1 heterocycles. The van der Waals surface area contributed by atoms with E-state index in [-0.39, 0.29) is 6.10 Å². The molecule has 12 heavy (non-hydrogen) atoms. The number of thiol groups is 1. The molecule has 0 saturated carbocycles. The maximum atomic E-state index is 5.66. The van der Waals surface area contributed by atoms with Crippen molar-refractivity contribution in [2.45, 2.75) is 25.5 Å². The fourth-order valence-corrected chi connectivity index (χ4v) is 4.24. The number of hydrogen-bond donors (Lipinski definition) is 1. The molecule has 1 fully saturated rings. The van der Waals surface area contributed by atoms with Crippen LogP contribution in [0.3, 0.4) is 0 Å². The Kier molecular flexibility index (Phi) is 4.05. The zero-order valence-electron chi connectivity index (χ0n) is 7.58. The Morgan fingerprint density at radius 1 is 1.67 bits per heavy atom. The molecule has 1 rings (SSSR count). The summed E-state index contributed by atoms with van der Waals surface area (Å²) in [5.41, 5.74) is 0. The van der Waals surface area contributed by atoms with E-state index in [1.54, 1.807) is 7.11 Å². The number of hydrogen-bond acceptors (Lipinski definition) is 4. The predicted molar refractivity (Wildman–Crippen MR) is 52.5 cm³/mol. The van der Waals surface area contributed by atoms with E-state index in [0.717, 1.165) is 18.2 Å². The summed E-state index contributed by atoms with van der Waals surface area (Å²) in [7, 11) is -0.570. The zero-order valence-corrected chi connectivity index (χ0v) is 9.47. The molecule has 0 radical (unpaired) electrons. The summed E-state index contributed by atoms with van der Waals surface area (Å²) in [6.45, 7) is 2.68. The smallest absolute Gasteiger partial charge is 0.377 e. The van der Waals surface area contributed by atoms with Gasteiger partial charge in [0.15, 0.2) is 0 Å². The van der Waals surface area contributed by atoms with Gasteiger partial charge >= 0.3 is 8.80 Å². The molecule has 0 aromatic carbocycles. The normalized spacial score (nSPS) is 35.8. The first-order valence-corrected chi connectivity index (χ1v) is 6.76. The maximum absolute atomic E-state index is 5.66. The Morgan fingerprint density at radius 2 is 2.42 bits per heavy atom. The van der Waals surface area contributed by atoms with Crippen molar-refractivity contribution < 1.29 is 13.3 Å². The van der Waals surface area contributed by atoms with Gasteiger partial charge in [-0.05, 0) is 19.1 Å². The van der Waals surface area contributed by atoms with E-state index >= 15 is 0 Å². The van der Waals surface area contributed by atoms with Gasteiger partial charge in [0.25, 0.3) is 0 Å². The molecule has 2 unspecified atom stereocenters. The third-order valence-electron chi connectivity index (χ3n) is 1.87. The first kappa shape index (κ1) is 10.5. The molecule has 72 valence electrons. The van der Waals surface area contributed by atoms with Crippen molar-refractivity contribution in [1.82, 2.24) is 0 Å². The van der Waals surface area contributed by atoms with Crippen LogP contribution in [-0.4, -0.2) is 34.4 Å². The summed E-state index contributed by atoms with van der Waals surface area (Å²) >= 11 is 4.15. The molecule has 0 aromatic rings. The molecule has 1 aliphatic heterocycles. The highest BCUT2D eigenvalue weighted by Gasteiger charge is 2.46. The van der Waals surface area contributed by atoms with Crippen LogP contribution in [0.2, 0.25) is 6.04 Å². The first-order valence-electron chi connectivity index (χ1n) is 4.20. The van der Waals surface area contributed by atoms with E-state index in [0.29, 0.717) is 6.61 Å². The van der Waals surface area contributed by atoms with Crippen LogP contribution in [-0.2, 0) is 13.3 Å². The molecule has 0 aliphatic carbocycles. The van der Waals surface area contributed by atoms with E-state index in [1.165, 1.54) is 0 Å². The van der Waals surface area contributed by atoms with Crippen molar-refractivity contribution in [3.8, 4) is 0 Å². The standard InChI is InChI=1S/C7H16O3SSi/c1-7-6-9-12(8-2,10-7)5-3-4-11/h7,11H,3-6H2,1-2H3. The zero-order chi connectivity index (χ0) is 9.03. The molecular weight excluding hydrogens is 192 g/mol. The molecule has 3 nitrogen and oxygen atoms in total. The van der Waals surface area contributed by atoms with E-state index in [4.69, 9.17) is 13.3 Å². The van der Waals surface area contributed by atoms with Crippen LogP contribution >= 0.6 is 12.6 Å². The van der Waals surface area contributed by atoms with E-state index in [2.05, 4.69) is 12.6 Å². The minimum absolute atomic E-state index is 0.191. The quantitative estimate of drug-likeness (QED) is 0.558. The summed E-state index contributed by atoms with van der Waals surface area (Å²) in [5.74, 6) is 0.860. The SMILES string of the molecule is CO[Si]1(CCCS)OCC(C)O1. The third kappa shape index (κ3) is 2.47. The van der Waals surface area contributed by atoms with Gasteiger partial charge in [0.2, 0.25) is 0 Å². The van der Waals surface area contributed by atoms with Crippen LogP contribution in [0.4, 0.5) is 0 Å².